The summed E-state index contributed by atoms with van der Waals surface area (Å²) in [7, 11) is -0.911. The molecular weight excluding hydrogens is 501 g/mol. The van der Waals surface area contributed by atoms with Crippen molar-refractivity contribution in [2.45, 2.75) is 24.2 Å². The van der Waals surface area contributed by atoms with Crippen LogP contribution in [0.25, 0.3) is 0 Å². The lowest BCUT2D eigenvalue weighted by Gasteiger charge is -2.36. The van der Waals surface area contributed by atoms with Gasteiger partial charge in [0.15, 0.2) is 5.78 Å². The summed E-state index contributed by atoms with van der Waals surface area (Å²) in [5.74, 6) is 0.929. The molecule has 34 heavy (non-hydrogen) atoms. The molecule has 2 aromatic rings. The third kappa shape index (κ3) is 7.74. The number of ether oxygens (including phenoxy) is 2. The highest BCUT2D eigenvalue weighted by Gasteiger charge is 2.20. The van der Waals surface area contributed by atoms with Crippen LogP contribution in [-0.4, -0.2) is 66.0 Å². The number of benzene rings is 2. The number of carbonyl (C=O) groups excluding carboxylic acids is 1. The molecule has 0 aromatic heterocycles. The number of carbonyl (C=O) groups is 1. The van der Waals surface area contributed by atoms with Crippen LogP contribution in [0.5, 0.6) is 11.5 Å². The summed E-state index contributed by atoms with van der Waals surface area (Å²) in [5, 5.41) is 5.23. The second kappa shape index (κ2) is 13.7. The molecule has 0 radical (unpaired) electrons. The topological polar surface area (TPSA) is 102 Å². The van der Waals surface area contributed by atoms with Gasteiger partial charge in [-0.05, 0) is 49.7 Å². The number of anilines is 1. The first-order chi connectivity index (χ1) is 15.3. The van der Waals surface area contributed by atoms with Gasteiger partial charge in [0.1, 0.15) is 16.4 Å². The van der Waals surface area contributed by atoms with Crippen LogP contribution < -0.4 is 19.5 Å². The van der Waals surface area contributed by atoms with E-state index in [-0.39, 0.29) is 41.2 Å². The Morgan fingerprint density at radius 3 is 2.21 bits per heavy atom. The van der Waals surface area contributed by atoms with Gasteiger partial charge in [-0.1, -0.05) is 12.1 Å². The third-order valence-corrected chi connectivity index (χ3v) is 6.65. The van der Waals surface area contributed by atoms with E-state index in [2.05, 4.69) is 15.9 Å². The minimum absolute atomic E-state index is 0. The number of primary sulfonamides is 1. The highest BCUT2D eigenvalue weighted by molar-refractivity contribution is 7.89. The molecule has 0 atom stereocenters. The quantitative estimate of drug-likeness (QED) is 0.368. The molecule has 0 spiro atoms. The predicted octanol–water partition coefficient (Wildman–Crippen LogP) is 3.37. The van der Waals surface area contributed by atoms with Gasteiger partial charge >= 0.3 is 0 Å². The molecule has 0 aliphatic carbocycles. The number of methoxy groups -OCH3 is 2. The van der Waals surface area contributed by atoms with Crippen LogP contribution in [0.2, 0.25) is 0 Å². The van der Waals surface area contributed by atoms with Gasteiger partial charge in [-0.15, -0.1) is 24.8 Å². The van der Waals surface area contributed by atoms with E-state index in [4.69, 9.17) is 14.6 Å². The number of hydrogen-bond acceptors (Lipinski definition) is 7. The molecule has 1 heterocycles. The summed E-state index contributed by atoms with van der Waals surface area (Å²) < 4.78 is 34.0. The Balaban J connectivity index is 0.00000289. The van der Waals surface area contributed by atoms with E-state index in [9.17, 15) is 13.2 Å². The zero-order valence-corrected chi connectivity index (χ0v) is 21.9. The smallest absolute Gasteiger partial charge is 0.241 e. The predicted molar refractivity (Wildman–Crippen MR) is 139 cm³/mol. The number of sulfonamides is 1. The largest absolute Gasteiger partial charge is 0.495 e. The molecule has 1 fully saturated rings. The van der Waals surface area contributed by atoms with Crippen molar-refractivity contribution in [1.82, 2.24) is 4.90 Å². The van der Waals surface area contributed by atoms with Crippen LogP contribution in [0.1, 0.15) is 29.6 Å². The number of Topliss-reactive ketones (excluding diaryl/α,β-unsaturated/α-hetero) is 1. The number of nitrogens with two attached hydrogens (primary N) is 1. The number of unbranched alkanes of at least 4 members (excludes halogenated alkanes) is 1. The molecule has 1 aliphatic heterocycles. The summed E-state index contributed by atoms with van der Waals surface area (Å²) in [5.41, 5.74) is 1.46. The van der Waals surface area contributed by atoms with Gasteiger partial charge in [0, 0.05) is 38.2 Å². The molecule has 1 saturated heterocycles. The number of rotatable bonds is 10. The van der Waals surface area contributed by atoms with E-state index in [1.54, 1.807) is 13.2 Å². The third-order valence-electron chi connectivity index (χ3n) is 5.72. The van der Waals surface area contributed by atoms with Gasteiger partial charge in [-0.3, -0.25) is 9.69 Å². The van der Waals surface area contributed by atoms with E-state index in [1.165, 1.54) is 19.2 Å². The van der Waals surface area contributed by atoms with Crippen molar-refractivity contribution in [1.29, 1.82) is 0 Å². The molecule has 3 rings (SSSR count). The molecule has 0 saturated carbocycles. The van der Waals surface area contributed by atoms with E-state index in [0.29, 0.717) is 12.0 Å². The first kappa shape index (κ1) is 30.0. The van der Waals surface area contributed by atoms with Crippen LogP contribution in [0.15, 0.2) is 47.4 Å². The van der Waals surface area contributed by atoms with Crippen LogP contribution in [0, 0.1) is 0 Å². The van der Waals surface area contributed by atoms with Crippen molar-refractivity contribution in [2.75, 3.05) is 51.8 Å². The fraction of sp³-hybridized carbons (Fsp3) is 0.435. The number of piperazine rings is 1. The summed E-state index contributed by atoms with van der Waals surface area (Å²) in [4.78, 5) is 17.1. The van der Waals surface area contributed by atoms with E-state index in [0.717, 1.165) is 57.0 Å². The Morgan fingerprint density at radius 1 is 0.941 bits per heavy atom. The molecule has 11 heteroatoms. The highest BCUT2D eigenvalue weighted by Crippen LogP contribution is 2.28. The van der Waals surface area contributed by atoms with Gasteiger partial charge < -0.3 is 14.4 Å². The highest BCUT2D eigenvalue weighted by atomic mass is 35.5. The minimum atomic E-state index is -3.97. The molecule has 0 amide bonds. The average molecular weight is 535 g/mol. The lowest BCUT2D eigenvalue weighted by atomic mass is 10.1. The number of para-hydroxylation sites is 2. The van der Waals surface area contributed by atoms with Crippen LogP contribution in [-0.2, 0) is 10.0 Å². The summed E-state index contributed by atoms with van der Waals surface area (Å²) >= 11 is 0. The molecule has 1 aliphatic rings. The van der Waals surface area contributed by atoms with E-state index in [1.807, 2.05) is 18.2 Å². The Bertz CT molecular complexity index is 1040. The zero-order valence-electron chi connectivity index (χ0n) is 19.4. The van der Waals surface area contributed by atoms with Gasteiger partial charge in [0.2, 0.25) is 10.0 Å². The number of hydrogen-bond donors (Lipinski definition) is 1. The maximum atomic E-state index is 12.5. The second-order valence-electron chi connectivity index (χ2n) is 7.79. The Labute approximate surface area is 214 Å². The van der Waals surface area contributed by atoms with Gasteiger partial charge in [-0.2, -0.15) is 0 Å². The fourth-order valence-electron chi connectivity index (χ4n) is 3.94. The summed E-state index contributed by atoms with van der Waals surface area (Å²) in [6.45, 7) is 4.71. The van der Waals surface area contributed by atoms with Crippen molar-refractivity contribution in [3.05, 3.63) is 48.0 Å². The normalized spacial score (nSPS) is 14.0. The van der Waals surface area contributed by atoms with E-state index < -0.39 is 10.0 Å². The van der Waals surface area contributed by atoms with Crippen molar-refractivity contribution in [3.8, 4) is 11.5 Å². The van der Waals surface area contributed by atoms with Gasteiger partial charge in [-0.25, -0.2) is 13.6 Å². The molecule has 2 aromatic carbocycles. The van der Waals surface area contributed by atoms with Crippen molar-refractivity contribution in [3.63, 3.8) is 0 Å². The van der Waals surface area contributed by atoms with Gasteiger partial charge in [0.05, 0.1) is 19.9 Å². The lowest BCUT2D eigenvalue weighted by Crippen LogP contribution is -2.46. The second-order valence-corrected chi connectivity index (χ2v) is 9.32. The van der Waals surface area contributed by atoms with Crippen molar-refractivity contribution < 1.29 is 22.7 Å². The monoisotopic (exact) mass is 533 g/mol. The first-order valence-corrected chi connectivity index (χ1v) is 12.2. The average Bonchev–Trinajstić information content (AvgIpc) is 2.81. The Hall–Kier alpha value is -2.04. The number of ketones is 1. The molecule has 190 valence electrons. The Kier molecular flexibility index (Phi) is 12.1. The lowest BCUT2D eigenvalue weighted by molar-refractivity contribution is 0.0977. The van der Waals surface area contributed by atoms with Crippen LogP contribution in [0.4, 0.5) is 5.69 Å². The number of nitrogens with zero attached hydrogens (tertiary/aromatic N) is 2. The molecule has 8 nitrogen and oxygen atoms in total. The zero-order chi connectivity index (χ0) is 23.1. The van der Waals surface area contributed by atoms with Crippen molar-refractivity contribution in [2.24, 2.45) is 5.14 Å². The molecule has 2 N–H and O–H groups in total. The molecule has 0 bridgehead atoms. The maximum absolute atomic E-state index is 12.5. The molecular formula is C23H33Cl2N3O5S. The first-order valence-electron chi connectivity index (χ1n) is 10.7. The molecule has 0 unspecified atom stereocenters. The summed E-state index contributed by atoms with van der Waals surface area (Å²) in [6, 6.07) is 12.4. The SMILES string of the molecule is COc1ccccc1N1CCN(CCCCC(=O)c2ccc(OC)c(S(N)(=O)=O)c2)CC1.Cl.Cl. The minimum Gasteiger partial charge on any atom is -0.495 e. The fourth-order valence-corrected chi connectivity index (χ4v) is 4.66. The van der Waals surface area contributed by atoms with Gasteiger partial charge in [0.25, 0.3) is 0 Å². The maximum Gasteiger partial charge on any atom is 0.241 e. The Morgan fingerprint density at radius 2 is 1.59 bits per heavy atom. The summed E-state index contributed by atoms with van der Waals surface area (Å²) in [6.07, 6.45) is 2.00. The number of halogens is 2. The van der Waals surface area contributed by atoms with Crippen LogP contribution >= 0.6 is 24.8 Å². The van der Waals surface area contributed by atoms with E-state index >= 15 is 0 Å². The standard InChI is InChI=1S/C23H31N3O5S.2ClH/c1-30-21-9-4-3-7-19(21)26-15-13-25(14-16-26)12-6-5-8-20(27)18-10-11-22(31-2)23(17-18)32(24,28)29;;/h3-4,7,9-11,17H,5-6,8,12-16H2,1-2H3,(H2,24,28,29);2*1H. The van der Waals surface area contributed by atoms with Crippen LogP contribution in [0.3, 0.4) is 0 Å². The van der Waals surface area contributed by atoms with Crippen molar-refractivity contribution >= 4 is 46.3 Å².